The second-order valence-electron chi connectivity index (χ2n) is 4.65. The number of hydrogen-bond acceptors (Lipinski definition) is 5. The molecule has 112 valence electrons. The molecule has 7 heteroatoms. The summed E-state index contributed by atoms with van der Waals surface area (Å²) in [7, 11) is -1.90. The van der Waals surface area contributed by atoms with Gasteiger partial charge in [-0.2, -0.15) is 4.31 Å². The van der Waals surface area contributed by atoms with Gasteiger partial charge in [0.15, 0.2) is 0 Å². The van der Waals surface area contributed by atoms with Gasteiger partial charge in [0.05, 0.1) is 17.5 Å². The van der Waals surface area contributed by atoms with Gasteiger partial charge in [0, 0.05) is 20.2 Å². The molecule has 2 N–H and O–H groups in total. The Morgan fingerprint density at radius 3 is 2.65 bits per heavy atom. The maximum absolute atomic E-state index is 12.5. The molecule has 0 radical (unpaired) electrons. The van der Waals surface area contributed by atoms with Crippen LogP contribution < -0.4 is 10.5 Å². The summed E-state index contributed by atoms with van der Waals surface area (Å²) in [6.07, 6.45) is 0.730. The fraction of sp³-hybridized carbons (Fsp3) is 0.538. The van der Waals surface area contributed by atoms with E-state index < -0.39 is 10.0 Å². The minimum absolute atomic E-state index is 0.0897. The van der Waals surface area contributed by atoms with Crippen molar-refractivity contribution in [3.8, 4) is 5.75 Å². The quantitative estimate of drug-likeness (QED) is 0.824. The van der Waals surface area contributed by atoms with Crippen LogP contribution in [0.2, 0.25) is 0 Å². The van der Waals surface area contributed by atoms with E-state index in [1.807, 2.05) is 0 Å². The third kappa shape index (κ3) is 3.29. The molecule has 0 aliphatic carbocycles. The van der Waals surface area contributed by atoms with Gasteiger partial charge >= 0.3 is 0 Å². The molecule has 1 saturated heterocycles. The van der Waals surface area contributed by atoms with E-state index in [4.69, 9.17) is 15.2 Å². The molecule has 2 rings (SSSR count). The van der Waals surface area contributed by atoms with E-state index in [1.165, 1.54) is 4.31 Å². The van der Waals surface area contributed by atoms with Crippen LogP contribution in [0.15, 0.2) is 29.2 Å². The van der Waals surface area contributed by atoms with Gasteiger partial charge in [-0.1, -0.05) is 0 Å². The highest BCUT2D eigenvalue weighted by atomic mass is 32.2. The summed E-state index contributed by atoms with van der Waals surface area (Å²) in [5, 5.41) is 0. The largest absolute Gasteiger partial charge is 0.492 e. The van der Waals surface area contributed by atoms with E-state index >= 15 is 0 Å². The highest BCUT2D eigenvalue weighted by molar-refractivity contribution is 7.89. The summed E-state index contributed by atoms with van der Waals surface area (Å²) in [6.45, 7) is 1.89. The van der Waals surface area contributed by atoms with Crippen molar-refractivity contribution < 1.29 is 17.9 Å². The summed E-state index contributed by atoms with van der Waals surface area (Å²) in [5.41, 5.74) is 5.35. The predicted molar refractivity (Wildman–Crippen MR) is 75.2 cm³/mol. The summed E-state index contributed by atoms with van der Waals surface area (Å²) in [4.78, 5) is 0.256. The SMILES string of the molecule is CN(C1CCOC1)S(=O)(=O)c1ccc(OCCN)cc1. The zero-order valence-corrected chi connectivity index (χ0v) is 12.3. The van der Waals surface area contributed by atoms with Crippen LogP contribution >= 0.6 is 0 Å². The van der Waals surface area contributed by atoms with Crippen molar-refractivity contribution in [2.45, 2.75) is 17.4 Å². The number of rotatable bonds is 6. The summed E-state index contributed by atoms with van der Waals surface area (Å²) < 4.78 is 36.9. The Morgan fingerprint density at radius 1 is 1.40 bits per heavy atom. The van der Waals surface area contributed by atoms with Crippen LogP contribution in [-0.2, 0) is 14.8 Å². The standard InChI is InChI=1S/C13H20N2O4S/c1-15(11-6-8-18-10-11)20(16,17)13-4-2-12(3-5-13)19-9-7-14/h2-5,11H,6-10,14H2,1H3. The fourth-order valence-electron chi connectivity index (χ4n) is 2.06. The average Bonchev–Trinajstić information content (AvgIpc) is 2.98. The molecular formula is C13H20N2O4S. The van der Waals surface area contributed by atoms with Crippen LogP contribution in [0.5, 0.6) is 5.75 Å². The van der Waals surface area contributed by atoms with Crippen molar-refractivity contribution in [3.63, 3.8) is 0 Å². The normalized spacial score (nSPS) is 19.4. The highest BCUT2D eigenvalue weighted by Crippen LogP contribution is 2.22. The van der Waals surface area contributed by atoms with Crippen LogP contribution in [0.4, 0.5) is 0 Å². The summed E-state index contributed by atoms with van der Waals surface area (Å²) in [6, 6.07) is 6.29. The third-order valence-corrected chi connectivity index (χ3v) is 5.23. The Bertz CT molecular complexity index is 524. The molecule has 1 aromatic rings. The lowest BCUT2D eigenvalue weighted by atomic mass is 10.3. The number of benzene rings is 1. The second-order valence-corrected chi connectivity index (χ2v) is 6.64. The number of nitrogens with zero attached hydrogens (tertiary/aromatic N) is 1. The Morgan fingerprint density at radius 2 is 2.10 bits per heavy atom. The number of ether oxygens (including phenoxy) is 2. The Labute approximate surface area is 119 Å². The zero-order chi connectivity index (χ0) is 14.6. The predicted octanol–water partition coefficient (Wildman–Crippen LogP) is 0.434. The first-order valence-corrected chi connectivity index (χ1v) is 7.98. The fourth-order valence-corrected chi connectivity index (χ4v) is 3.43. The van der Waals surface area contributed by atoms with Crippen molar-refractivity contribution in [3.05, 3.63) is 24.3 Å². The maximum atomic E-state index is 12.5. The molecule has 1 fully saturated rings. The van der Waals surface area contributed by atoms with Gasteiger partial charge in [-0.15, -0.1) is 0 Å². The Kier molecular flexibility index (Phi) is 4.98. The lowest BCUT2D eigenvalue weighted by Gasteiger charge is -2.22. The molecule has 1 heterocycles. The van der Waals surface area contributed by atoms with Gasteiger partial charge in [0.1, 0.15) is 12.4 Å². The van der Waals surface area contributed by atoms with E-state index in [0.29, 0.717) is 32.1 Å². The monoisotopic (exact) mass is 300 g/mol. The van der Waals surface area contributed by atoms with Crippen molar-refractivity contribution in [1.82, 2.24) is 4.31 Å². The van der Waals surface area contributed by atoms with Crippen molar-refractivity contribution >= 4 is 10.0 Å². The lowest BCUT2D eigenvalue weighted by Crippen LogP contribution is -2.37. The molecule has 1 unspecified atom stereocenters. The van der Waals surface area contributed by atoms with Crippen LogP contribution in [0.1, 0.15) is 6.42 Å². The molecule has 0 saturated carbocycles. The van der Waals surface area contributed by atoms with E-state index in [9.17, 15) is 8.42 Å². The lowest BCUT2D eigenvalue weighted by molar-refractivity contribution is 0.181. The molecule has 1 aliphatic rings. The smallest absolute Gasteiger partial charge is 0.243 e. The first-order valence-electron chi connectivity index (χ1n) is 6.54. The second kappa shape index (κ2) is 6.53. The Hall–Kier alpha value is -1.15. The average molecular weight is 300 g/mol. The molecule has 0 amide bonds. The van der Waals surface area contributed by atoms with E-state index in [2.05, 4.69) is 0 Å². The molecule has 0 bridgehead atoms. The van der Waals surface area contributed by atoms with E-state index in [0.717, 1.165) is 6.42 Å². The Balaban J connectivity index is 2.12. The number of hydrogen-bond donors (Lipinski definition) is 1. The molecule has 1 atom stereocenters. The van der Waals surface area contributed by atoms with Gasteiger partial charge in [-0.3, -0.25) is 0 Å². The van der Waals surface area contributed by atoms with Crippen molar-refractivity contribution in [2.24, 2.45) is 5.73 Å². The van der Waals surface area contributed by atoms with E-state index in [1.54, 1.807) is 31.3 Å². The van der Waals surface area contributed by atoms with Crippen molar-refractivity contribution in [1.29, 1.82) is 0 Å². The number of likely N-dealkylation sites (N-methyl/N-ethyl adjacent to an activating group) is 1. The van der Waals surface area contributed by atoms with Crippen LogP contribution in [-0.4, -0.2) is 52.2 Å². The molecule has 1 aliphatic heterocycles. The number of nitrogens with two attached hydrogens (primary N) is 1. The van der Waals surface area contributed by atoms with Gasteiger partial charge in [0.25, 0.3) is 0 Å². The highest BCUT2D eigenvalue weighted by Gasteiger charge is 2.30. The third-order valence-electron chi connectivity index (χ3n) is 3.31. The van der Waals surface area contributed by atoms with E-state index in [-0.39, 0.29) is 10.9 Å². The zero-order valence-electron chi connectivity index (χ0n) is 11.5. The molecule has 1 aromatic carbocycles. The minimum Gasteiger partial charge on any atom is -0.492 e. The maximum Gasteiger partial charge on any atom is 0.243 e. The topological polar surface area (TPSA) is 81.9 Å². The van der Waals surface area contributed by atoms with Crippen LogP contribution in [0, 0.1) is 0 Å². The molecule has 0 spiro atoms. The first kappa shape index (κ1) is 15.2. The molecular weight excluding hydrogens is 280 g/mol. The van der Waals surface area contributed by atoms with Gasteiger partial charge in [0.2, 0.25) is 10.0 Å². The molecule has 6 nitrogen and oxygen atoms in total. The molecule has 20 heavy (non-hydrogen) atoms. The summed E-state index contributed by atoms with van der Waals surface area (Å²) >= 11 is 0. The van der Waals surface area contributed by atoms with Crippen molar-refractivity contribution in [2.75, 3.05) is 33.4 Å². The summed E-state index contributed by atoms with van der Waals surface area (Å²) in [5.74, 6) is 0.612. The van der Waals surface area contributed by atoms with Gasteiger partial charge < -0.3 is 15.2 Å². The van der Waals surface area contributed by atoms with Gasteiger partial charge in [-0.05, 0) is 30.7 Å². The first-order chi connectivity index (χ1) is 9.55. The number of sulfonamides is 1. The van der Waals surface area contributed by atoms with Gasteiger partial charge in [-0.25, -0.2) is 8.42 Å². The molecule has 0 aromatic heterocycles. The van der Waals surface area contributed by atoms with Crippen LogP contribution in [0.25, 0.3) is 0 Å². The van der Waals surface area contributed by atoms with Crippen LogP contribution in [0.3, 0.4) is 0 Å². The minimum atomic E-state index is -3.49.